The Kier molecular flexibility index (Phi) is 3.98. The van der Waals surface area contributed by atoms with Crippen LogP contribution in [0.4, 0.5) is 4.39 Å². The molecule has 0 unspecified atom stereocenters. The van der Waals surface area contributed by atoms with Crippen molar-refractivity contribution in [2.75, 3.05) is 0 Å². The number of halogens is 1. The van der Waals surface area contributed by atoms with Crippen LogP contribution in [-0.2, 0) is 5.75 Å². The molecule has 1 aromatic heterocycles. The molecule has 0 amide bonds. The van der Waals surface area contributed by atoms with Gasteiger partial charge in [-0.25, -0.2) is 14.2 Å². The summed E-state index contributed by atoms with van der Waals surface area (Å²) in [5.41, 5.74) is 1.55. The van der Waals surface area contributed by atoms with Gasteiger partial charge in [-0.1, -0.05) is 17.8 Å². The Labute approximate surface area is 112 Å². The summed E-state index contributed by atoms with van der Waals surface area (Å²) in [6.07, 6.45) is 0. The number of thiazole rings is 1. The molecular weight excluding hydrogens is 273 g/mol. The van der Waals surface area contributed by atoms with Crippen molar-refractivity contribution in [2.45, 2.75) is 17.0 Å². The number of aromatic carboxylic acids is 1. The Hall–Kier alpha value is -1.40. The lowest BCUT2D eigenvalue weighted by molar-refractivity contribution is 0.0695. The number of benzene rings is 1. The summed E-state index contributed by atoms with van der Waals surface area (Å²) >= 11 is 2.97. The van der Waals surface area contributed by atoms with Crippen LogP contribution in [0.2, 0.25) is 0 Å². The van der Waals surface area contributed by atoms with Gasteiger partial charge in [-0.2, -0.15) is 0 Å². The summed E-state index contributed by atoms with van der Waals surface area (Å²) < 4.78 is 13.9. The third-order valence-electron chi connectivity index (χ3n) is 2.25. The third-order valence-corrected chi connectivity index (χ3v) is 4.44. The number of hydrogen-bond acceptors (Lipinski definition) is 4. The Morgan fingerprint density at radius 3 is 2.94 bits per heavy atom. The van der Waals surface area contributed by atoms with Crippen molar-refractivity contribution in [3.8, 4) is 0 Å². The molecule has 2 aromatic rings. The molecular formula is C12H10FNO2S2. The van der Waals surface area contributed by atoms with Crippen LogP contribution >= 0.6 is 23.1 Å². The predicted molar refractivity (Wildman–Crippen MR) is 69.8 cm³/mol. The summed E-state index contributed by atoms with van der Waals surface area (Å²) in [6.45, 7) is 1.90. The molecule has 0 aliphatic rings. The number of aryl methyl sites for hydroxylation is 1. The Morgan fingerprint density at radius 1 is 1.56 bits per heavy atom. The number of carboxylic acids is 1. The topological polar surface area (TPSA) is 50.2 Å². The maximum Gasteiger partial charge on any atom is 0.336 e. The average molecular weight is 283 g/mol. The second-order valence-electron chi connectivity index (χ2n) is 3.65. The molecule has 0 saturated carbocycles. The number of nitrogens with zero attached hydrogens (tertiary/aromatic N) is 1. The van der Waals surface area contributed by atoms with E-state index in [1.807, 2.05) is 12.3 Å². The molecule has 18 heavy (non-hydrogen) atoms. The smallest absolute Gasteiger partial charge is 0.336 e. The van der Waals surface area contributed by atoms with E-state index in [-0.39, 0.29) is 5.56 Å². The first-order valence-electron chi connectivity index (χ1n) is 5.13. The maximum atomic E-state index is 13.0. The van der Waals surface area contributed by atoms with E-state index < -0.39 is 11.8 Å². The molecule has 0 spiro atoms. The van der Waals surface area contributed by atoms with E-state index in [1.54, 1.807) is 0 Å². The van der Waals surface area contributed by atoms with Gasteiger partial charge >= 0.3 is 5.97 Å². The number of carboxylic acid groups (broad SMARTS) is 1. The zero-order valence-electron chi connectivity index (χ0n) is 9.51. The van der Waals surface area contributed by atoms with Crippen LogP contribution in [-0.4, -0.2) is 16.1 Å². The minimum atomic E-state index is -1.11. The van der Waals surface area contributed by atoms with Gasteiger partial charge in [0.15, 0.2) is 0 Å². The number of rotatable bonds is 4. The first-order valence-corrected chi connectivity index (χ1v) is 6.99. The average Bonchev–Trinajstić information content (AvgIpc) is 2.73. The lowest BCUT2D eigenvalue weighted by Crippen LogP contribution is -2.02. The van der Waals surface area contributed by atoms with Crippen LogP contribution in [0, 0.1) is 12.7 Å². The van der Waals surface area contributed by atoms with Crippen LogP contribution in [0.5, 0.6) is 0 Å². The quantitative estimate of drug-likeness (QED) is 0.871. The van der Waals surface area contributed by atoms with Crippen molar-refractivity contribution in [3.05, 3.63) is 46.2 Å². The number of aromatic nitrogens is 1. The molecule has 0 atom stereocenters. The van der Waals surface area contributed by atoms with Gasteiger partial charge in [0.1, 0.15) is 10.2 Å². The minimum Gasteiger partial charge on any atom is -0.478 e. The van der Waals surface area contributed by atoms with Gasteiger partial charge < -0.3 is 5.11 Å². The van der Waals surface area contributed by atoms with E-state index in [2.05, 4.69) is 4.98 Å². The molecule has 1 heterocycles. The van der Waals surface area contributed by atoms with Gasteiger partial charge in [0, 0.05) is 16.8 Å². The number of thioether (sulfide) groups is 1. The fraction of sp³-hybridized carbons (Fsp3) is 0.167. The summed E-state index contributed by atoms with van der Waals surface area (Å²) in [5.74, 6) is -1.18. The maximum absolute atomic E-state index is 13.0. The zero-order valence-corrected chi connectivity index (χ0v) is 11.1. The summed E-state index contributed by atoms with van der Waals surface area (Å²) in [7, 11) is 0. The van der Waals surface area contributed by atoms with E-state index in [0.717, 1.165) is 16.1 Å². The van der Waals surface area contributed by atoms with Crippen LogP contribution in [0.3, 0.4) is 0 Å². The highest BCUT2D eigenvalue weighted by Gasteiger charge is 2.12. The Morgan fingerprint density at radius 2 is 2.33 bits per heavy atom. The molecule has 1 aromatic carbocycles. The van der Waals surface area contributed by atoms with Gasteiger partial charge in [-0.15, -0.1) is 11.3 Å². The van der Waals surface area contributed by atoms with Crippen LogP contribution in [0.25, 0.3) is 0 Å². The Balaban J connectivity index is 2.16. The third kappa shape index (κ3) is 3.08. The highest BCUT2D eigenvalue weighted by atomic mass is 32.2. The fourth-order valence-corrected chi connectivity index (χ4v) is 3.27. The lowest BCUT2D eigenvalue weighted by Gasteiger charge is -2.04. The molecule has 0 fully saturated rings. The van der Waals surface area contributed by atoms with E-state index in [1.165, 1.54) is 35.2 Å². The highest BCUT2D eigenvalue weighted by molar-refractivity contribution is 8.00. The largest absolute Gasteiger partial charge is 0.478 e. The summed E-state index contributed by atoms with van der Waals surface area (Å²) in [4.78, 5) is 15.3. The molecule has 0 aliphatic heterocycles. The molecule has 94 valence electrons. The normalized spacial score (nSPS) is 10.6. The van der Waals surface area contributed by atoms with Crippen molar-refractivity contribution < 1.29 is 14.3 Å². The molecule has 0 radical (unpaired) electrons. The predicted octanol–water partition coefficient (Wildman–Crippen LogP) is 3.58. The second-order valence-corrected chi connectivity index (χ2v) is 5.73. The van der Waals surface area contributed by atoms with Gasteiger partial charge in [-0.05, 0) is 24.6 Å². The second kappa shape index (κ2) is 5.49. The number of carbonyl (C=O) groups is 1. The molecule has 0 aliphatic carbocycles. The van der Waals surface area contributed by atoms with E-state index >= 15 is 0 Å². The summed E-state index contributed by atoms with van der Waals surface area (Å²) in [6, 6.07) is 3.83. The molecule has 2 rings (SSSR count). The fourth-order valence-electron chi connectivity index (χ4n) is 1.41. The summed E-state index contributed by atoms with van der Waals surface area (Å²) in [5, 5.41) is 10.9. The van der Waals surface area contributed by atoms with Gasteiger partial charge in [0.05, 0.1) is 5.56 Å². The molecule has 3 nitrogen and oxygen atoms in total. The van der Waals surface area contributed by atoms with Gasteiger partial charge in [0.25, 0.3) is 0 Å². The van der Waals surface area contributed by atoms with Crippen molar-refractivity contribution in [3.63, 3.8) is 0 Å². The van der Waals surface area contributed by atoms with Crippen LogP contribution in [0.15, 0.2) is 27.9 Å². The SMILES string of the molecule is Cc1csc(SCc2ccc(F)cc2C(=O)O)n1. The first-order chi connectivity index (χ1) is 8.56. The van der Waals surface area contributed by atoms with Crippen LogP contribution in [0.1, 0.15) is 21.6 Å². The molecule has 0 bridgehead atoms. The standard InChI is InChI=1S/C12H10FNO2S2/c1-7-5-17-12(14-7)18-6-8-2-3-9(13)4-10(8)11(15)16/h2-5H,6H2,1H3,(H,15,16). The van der Waals surface area contributed by atoms with E-state index in [4.69, 9.17) is 5.11 Å². The molecule has 6 heteroatoms. The van der Waals surface area contributed by atoms with Crippen LogP contribution < -0.4 is 0 Å². The van der Waals surface area contributed by atoms with Crippen molar-refractivity contribution in [1.82, 2.24) is 4.98 Å². The zero-order chi connectivity index (χ0) is 13.1. The van der Waals surface area contributed by atoms with Gasteiger partial charge in [-0.3, -0.25) is 0 Å². The highest BCUT2D eigenvalue weighted by Crippen LogP contribution is 2.27. The van der Waals surface area contributed by atoms with Crippen molar-refractivity contribution in [1.29, 1.82) is 0 Å². The lowest BCUT2D eigenvalue weighted by atomic mass is 10.1. The number of hydrogen-bond donors (Lipinski definition) is 1. The first kappa shape index (κ1) is 13.0. The monoisotopic (exact) mass is 283 g/mol. The molecule has 1 N–H and O–H groups in total. The minimum absolute atomic E-state index is 0.00998. The Bertz CT molecular complexity index is 583. The molecule has 0 saturated heterocycles. The van der Waals surface area contributed by atoms with Crippen molar-refractivity contribution in [2.24, 2.45) is 0 Å². The van der Waals surface area contributed by atoms with Crippen molar-refractivity contribution >= 4 is 29.1 Å². The van der Waals surface area contributed by atoms with E-state index in [0.29, 0.717) is 11.3 Å². The van der Waals surface area contributed by atoms with Gasteiger partial charge in [0.2, 0.25) is 0 Å². The van der Waals surface area contributed by atoms with E-state index in [9.17, 15) is 9.18 Å².